The summed E-state index contributed by atoms with van der Waals surface area (Å²) in [6.45, 7) is 2.27. The van der Waals surface area contributed by atoms with Crippen molar-refractivity contribution in [1.29, 1.82) is 0 Å². The van der Waals surface area contributed by atoms with Crippen molar-refractivity contribution < 1.29 is 0 Å². The van der Waals surface area contributed by atoms with Crippen LogP contribution in [0.4, 0.5) is 0 Å². The van der Waals surface area contributed by atoms with Crippen molar-refractivity contribution in [3.63, 3.8) is 0 Å². The molecule has 1 aromatic heterocycles. The molecule has 1 N–H and O–H groups in total. The maximum absolute atomic E-state index is 4.59. The molecule has 18 heavy (non-hydrogen) atoms. The van der Waals surface area contributed by atoms with Crippen molar-refractivity contribution in [3.05, 3.63) is 5.82 Å². The van der Waals surface area contributed by atoms with Crippen LogP contribution in [0.3, 0.4) is 0 Å². The summed E-state index contributed by atoms with van der Waals surface area (Å²) in [5, 5.41) is 16.5. The second-order valence-electron chi connectivity index (χ2n) is 5.73. The van der Waals surface area contributed by atoms with Crippen LogP contribution in [0.1, 0.15) is 56.8 Å². The van der Waals surface area contributed by atoms with Gasteiger partial charge in [0.15, 0.2) is 5.82 Å². The van der Waals surface area contributed by atoms with Gasteiger partial charge in [0.2, 0.25) is 0 Å². The molecule has 0 spiro atoms. The number of hydrogen-bond acceptors (Lipinski definition) is 4. The molecule has 1 aliphatic heterocycles. The minimum atomic E-state index is 0.504. The van der Waals surface area contributed by atoms with Gasteiger partial charge in [-0.1, -0.05) is 19.3 Å². The zero-order valence-corrected chi connectivity index (χ0v) is 11.0. The Labute approximate surface area is 108 Å². The molecule has 1 unspecified atom stereocenters. The number of hydrogen-bond donors (Lipinski definition) is 1. The van der Waals surface area contributed by atoms with E-state index in [4.69, 9.17) is 0 Å². The van der Waals surface area contributed by atoms with Crippen molar-refractivity contribution in [1.82, 2.24) is 25.5 Å². The number of rotatable bonds is 3. The molecule has 0 aromatic carbocycles. The quantitative estimate of drug-likeness (QED) is 0.886. The van der Waals surface area contributed by atoms with Crippen LogP contribution in [0.5, 0.6) is 0 Å². The van der Waals surface area contributed by atoms with Crippen LogP contribution in [0.15, 0.2) is 0 Å². The zero-order chi connectivity index (χ0) is 12.2. The first-order chi connectivity index (χ1) is 8.92. The van der Waals surface area contributed by atoms with E-state index in [1.165, 1.54) is 51.5 Å². The SMILES string of the molecule is C1CCC(n2nnc(CC3CCCNC3)n2)CC1. The lowest BCUT2D eigenvalue weighted by molar-refractivity contribution is 0.295. The van der Waals surface area contributed by atoms with E-state index < -0.39 is 0 Å². The van der Waals surface area contributed by atoms with Crippen molar-refractivity contribution >= 4 is 0 Å². The molecule has 0 bridgehead atoms. The molecule has 1 saturated heterocycles. The van der Waals surface area contributed by atoms with Crippen molar-refractivity contribution in [3.8, 4) is 0 Å². The highest BCUT2D eigenvalue weighted by Crippen LogP contribution is 2.26. The predicted molar refractivity (Wildman–Crippen MR) is 69.2 cm³/mol. The maximum Gasteiger partial charge on any atom is 0.175 e. The van der Waals surface area contributed by atoms with Crippen LogP contribution in [0.2, 0.25) is 0 Å². The first-order valence-electron chi connectivity index (χ1n) is 7.41. The zero-order valence-electron chi connectivity index (χ0n) is 11.0. The molecule has 2 aliphatic rings. The lowest BCUT2D eigenvalue weighted by atomic mass is 9.96. The first kappa shape index (κ1) is 12.1. The van der Waals surface area contributed by atoms with E-state index in [0.717, 1.165) is 18.8 Å². The summed E-state index contributed by atoms with van der Waals surface area (Å²) in [6, 6.07) is 0.504. The van der Waals surface area contributed by atoms with E-state index in [1.807, 2.05) is 4.80 Å². The Kier molecular flexibility index (Phi) is 3.88. The van der Waals surface area contributed by atoms with E-state index in [2.05, 4.69) is 20.7 Å². The van der Waals surface area contributed by atoms with Crippen molar-refractivity contribution in [2.45, 2.75) is 57.4 Å². The Balaban J connectivity index is 1.58. The Morgan fingerprint density at radius 2 is 2.00 bits per heavy atom. The number of tetrazole rings is 1. The van der Waals surface area contributed by atoms with Gasteiger partial charge in [0.25, 0.3) is 0 Å². The van der Waals surface area contributed by atoms with E-state index in [0.29, 0.717) is 12.0 Å². The Bertz CT molecular complexity index is 363. The molecule has 5 heteroatoms. The molecule has 2 heterocycles. The number of nitrogens with zero attached hydrogens (tertiary/aromatic N) is 4. The van der Waals surface area contributed by atoms with Gasteiger partial charge in [-0.25, -0.2) is 0 Å². The molecule has 0 amide bonds. The van der Waals surface area contributed by atoms with Crippen molar-refractivity contribution in [2.75, 3.05) is 13.1 Å². The van der Waals surface area contributed by atoms with Gasteiger partial charge >= 0.3 is 0 Å². The van der Waals surface area contributed by atoms with E-state index >= 15 is 0 Å². The minimum absolute atomic E-state index is 0.504. The molecular formula is C13H23N5. The molecule has 5 nitrogen and oxygen atoms in total. The van der Waals surface area contributed by atoms with Gasteiger partial charge in [-0.3, -0.25) is 0 Å². The smallest absolute Gasteiger partial charge is 0.175 e. The van der Waals surface area contributed by atoms with E-state index in [-0.39, 0.29) is 0 Å². The van der Waals surface area contributed by atoms with E-state index in [9.17, 15) is 0 Å². The number of aromatic nitrogens is 4. The highest BCUT2D eigenvalue weighted by atomic mass is 15.6. The molecule has 1 atom stereocenters. The Hall–Kier alpha value is -0.970. The molecule has 0 radical (unpaired) electrons. The summed E-state index contributed by atoms with van der Waals surface area (Å²) in [6.07, 6.45) is 10.0. The minimum Gasteiger partial charge on any atom is -0.316 e. The maximum atomic E-state index is 4.59. The number of piperidine rings is 1. The van der Waals surface area contributed by atoms with Gasteiger partial charge in [-0.05, 0) is 49.9 Å². The molecule has 1 aromatic rings. The summed E-state index contributed by atoms with van der Waals surface area (Å²) < 4.78 is 0. The second-order valence-corrected chi connectivity index (χ2v) is 5.73. The van der Waals surface area contributed by atoms with Gasteiger partial charge in [-0.2, -0.15) is 4.80 Å². The fourth-order valence-corrected chi connectivity index (χ4v) is 3.16. The molecule has 3 rings (SSSR count). The molecular weight excluding hydrogens is 226 g/mol. The van der Waals surface area contributed by atoms with Crippen LogP contribution in [-0.4, -0.2) is 33.3 Å². The van der Waals surface area contributed by atoms with Gasteiger partial charge in [0.05, 0.1) is 6.04 Å². The highest BCUT2D eigenvalue weighted by Gasteiger charge is 2.20. The Morgan fingerprint density at radius 1 is 1.11 bits per heavy atom. The van der Waals surface area contributed by atoms with Crippen LogP contribution in [0.25, 0.3) is 0 Å². The first-order valence-corrected chi connectivity index (χ1v) is 7.41. The summed E-state index contributed by atoms with van der Waals surface area (Å²) in [5.41, 5.74) is 0. The van der Waals surface area contributed by atoms with E-state index in [1.54, 1.807) is 0 Å². The third-order valence-corrected chi connectivity index (χ3v) is 4.24. The van der Waals surface area contributed by atoms with Gasteiger partial charge in [-0.15, -0.1) is 10.2 Å². The van der Waals surface area contributed by atoms with Crippen molar-refractivity contribution in [2.24, 2.45) is 5.92 Å². The molecule has 2 fully saturated rings. The normalized spacial score (nSPS) is 26.3. The van der Waals surface area contributed by atoms with Gasteiger partial charge in [0.1, 0.15) is 0 Å². The highest BCUT2D eigenvalue weighted by molar-refractivity contribution is 4.84. The second kappa shape index (κ2) is 5.78. The standard InChI is InChI=1S/C13H23N5/c1-2-6-12(7-3-1)18-16-13(15-17-18)9-11-5-4-8-14-10-11/h11-12,14H,1-10H2. The molecule has 100 valence electrons. The van der Waals surface area contributed by atoms with Crippen LogP contribution in [0, 0.1) is 5.92 Å². The Morgan fingerprint density at radius 3 is 2.78 bits per heavy atom. The largest absolute Gasteiger partial charge is 0.316 e. The number of nitrogens with one attached hydrogen (secondary N) is 1. The summed E-state index contributed by atoms with van der Waals surface area (Å²) in [4.78, 5) is 1.88. The predicted octanol–water partition coefficient (Wildman–Crippen LogP) is 1.72. The average Bonchev–Trinajstić information content (AvgIpc) is 2.89. The van der Waals surface area contributed by atoms with Gasteiger partial charge < -0.3 is 5.32 Å². The summed E-state index contributed by atoms with van der Waals surface area (Å²) in [7, 11) is 0. The van der Waals surface area contributed by atoms with Crippen LogP contribution < -0.4 is 5.32 Å². The summed E-state index contributed by atoms with van der Waals surface area (Å²) >= 11 is 0. The van der Waals surface area contributed by atoms with Gasteiger partial charge in [0, 0.05) is 6.42 Å². The van der Waals surface area contributed by atoms with Crippen LogP contribution in [-0.2, 0) is 6.42 Å². The molecule has 1 saturated carbocycles. The van der Waals surface area contributed by atoms with Crippen LogP contribution >= 0.6 is 0 Å². The third kappa shape index (κ3) is 2.88. The topological polar surface area (TPSA) is 55.6 Å². The monoisotopic (exact) mass is 249 g/mol. The average molecular weight is 249 g/mol. The fraction of sp³-hybridized carbons (Fsp3) is 0.923. The summed E-state index contributed by atoms with van der Waals surface area (Å²) in [5.74, 6) is 1.64. The lowest BCUT2D eigenvalue weighted by Gasteiger charge is -2.21. The lowest BCUT2D eigenvalue weighted by Crippen LogP contribution is -2.31. The third-order valence-electron chi connectivity index (χ3n) is 4.24. The molecule has 1 aliphatic carbocycles. The fourth-order valence-electron chi connectivity index (χ4n) is 3.16.